The van der Waals surface area contributed by atoms with E-state index in [-0.39, 0.29) is 17.4 Å². The van der Waals surface area contributed by atoms with Gasteiger partial charge in [-0.05, 0) is 25.5 Å². The minimum Gasteiger partial charge on any atom is -0.346 e. The predicted molar refractivity (Wildman–Crippen MR) is 82.7 cm³/mol. The summed E-state index contributed by atoms with van der Waals surface area (Å²) >= 11 is 0. The number of hydrogen-bond donors (Lipinski definition) is 1. The molecule has 1 saturated heterocycles. The molecule has 1 aromatic heterocycles. The van der Waals surface area contributed by atoms with Crippen LogP contribution in [0.5, 0.6) is 0 Å². The highest BCUT2D eigenvalue weighted by molar-refractivity contribution is 7.91. The summed E-state index contributed by atoms with van der Waals surface area (Å²) in [4.78, 5) is 12.3. The summed E-state index contributed by atoms with van der Waals surface area (Å²) in [5.41, 5.74) is 0.565. The molecule has 2 heterocycles. The number of nitrogens with one attached hydrogen (secondary N) is 1. The van der Waals surface area contributed by atoms with E-state index < -0.39 is 15.4 Å². The van der Waals surface area contributed by atoms with Crippen molar-refractivity contribution in [3.8, 4) is 5.69 Å². The third-order valence-electron chi connectivity index (χ3n) is 3.78. The first-order valence-corrected chi connectivity index (χ1v) is 8.82. The fourth-order valence-corrected chi connectivity index (χ4v) is 4.71. The largest absolute Gasteiger partial charge is 0.346 e. The first-order valence-electron chi connectivity index (χ1n) is 7.00. The number of benzene rings is 1. The summed E-state index contributed by atoms with van der Waals surface area (Å²) in [7, 11) is -3.06. The van der Waals surface area contributed by atoms with Gasteiger partial charge in [-0.3, -0.25) is 4.79 Å². The standard InChI is InChI=1S/C15H17N3O3S/c1-15(7-8-22(20,21)11-15)17-14(19)12-9-16-18(10-12)13-5-3-2-4-6-13/h2-6,9-10H,7-8,11H2,1H3,(H,17,19)/t15-/m1/s1. The van der Waals surface area contributed by atoms with E-state index in [1.54, 1.807) is 17.8 Å². The second-order valence-electron chi connectivity index (χ2n) is 5.87. The molecule has 7 heteroatoms. The fraction of sp³-hybridized carbons (Fsp3) is 0.333. The van der Waals surface area contributed by atoms with Crippen LogP contribution in [0.25, 0.3) is 5.69 Å². The molecule has 3 rings (SSSR count). The molecule has 1 aliphatic rings. The van der Waals surface area contributed by atoms with Gasteiger partial charge in [-0.25, -0.2) is 13.1 Å². The monoisotopic (exact) mass is 319 g/mol. The number of para-hydroxylation sites is 1. The number of aromatic nitrogens is 2. The van der Waals surface area contributed by atoms with Crippen molar-refractivity contribution in [3.05, 3.63) is 48.3 Å². The average molecular weight is 319 g/mol. The lowest BCUT2D eigenvalue weighted by Crippen LogP contribution is -2.46. The zero-order valence-corrected chi connectivity index (χ0v) is 13.0. The van der Waals surface area contributed by atoms with Crippen molar-refractivity contribution >= 4 is 15.7 Å². The van der Waals surface area contributed by atoms with Crippen molar-refractivity contribution < 1.29 is 13.2 Å². The molecular weight excluding hydrogens is 302 g/mol. The molecule has 1 N–H and O–H groups in total. The van der Waals surface area contributed by atoms with Crippen molar-refractivity contribution in [3.63, 3.8) is 0 Å². The molecule has 6 nitrogen and oxygen atoms in total. The summed E-state index contributed by atoms with van der Waals surface area (Å²) in [5.74, 6) is -0.201. The molecule has 0 bridgehead atoms. The van der Waals surface area contributed by atoms with Gasteiger partial charge in [-0.15, -0.1) is 0 Å². The Morgan fingerprint density at radius 1 is 1.32 bits per heavy atom. The van der Waals surface area contributed by atoms with Gasteiger partial charge < -0.3 is 5.32 Å². The van der Waals surface area contributed by atoms with Gasteiger partial charge in [0.15, 0.2) is 9.84 Å². The van der Waals surface area contributed by atoms with Gasteiger partial charge in [0.1, 0.15) is 0 Å². The molecule has 0 aliphatic carbocycles. The Morgan fingerprint density at radius 3 is 2.68 bits per heavy atom. The van der Waals surface area contributed by atoms with E-state index in [9.17, 15) is 13.2 Å². The van der Waals surface area contributed by atoms with Crippen molar-refractivity contribution in [1.82, 2.24) is 15.1 Å². The van der Waals surface area contributed by atoms with Gasteiger partial charge in [0.05, 0.1) is 34.5 Å². The maximum atomic E-state index is 12.3. The van der Waals surface area contributed by atoms with E-state index in [2.05, 4.69) is 10.4 Å². The molecule has 1 fully saturated rings. The van der Waals surface area contributed by atoms with Crippen LogP contribution in [-0.2, 0) is 9.84 Å². The summed E-state index contributed by atoms with van der Waals surface area (Å²) in [6.07, 6.45) is 3.56. The predicted octanol–water partition coefficient (Wildman–Crippen LogP) is 1.18. The van der Waals surface area contributed by atoms with Crippen LogP contribution in [0.1, 0.15) is 23.7 Å². The van der Waals surface area contributed by atoms with E-state index in [0.29, 0.717) is 12.0 Å². The fourth-order valence-electron chi connectivity index (χ4n) is 2.62. The maximum Gasteiger partial charge on any atom is 0.254 e. The van der Waals surface area contributed by atoms with Crippen molar-refractivity contribution in [2.75, 3.05) is 11.5 Å². The van der Waals surface area contributed by atoms with Gasteiger partial charge in [0.25, 0.3) is 5.91 Å². The van der Waals surface area contributed by atoms with Gasteiger partial charge in [0.2, 0.25) is 0 Å². The van der Waals surface area contributed by atoms with E-state index in [1.807, 2.05) is 30.3 Å². The number of hydrogen-bond acceptors (Lipinski definition) is 4. The smallest absolute Gasteiger partial charge is 0.254 e. The summed E-state index contributed by atoms with van der Waals surface area (Å²) in [5, 5.41) is 6.99. The van der Waals surface area contributed by atoms with E-state index in [4.69, 9.17) is 0 Å². The zero-order chi connectivity index (χ0) is 15.8. The SMILES string of the molecule is C[C@@]1(NC(=O)c2cnn(-c3ccccc3)c2)CCS(=O)(=O)C1. The quantitative estimate of drug-likeness (QED) is 0.921. The van der Waals surface area contributed by atoms with Gasteiger partial charge in [-0.2, -0.15) is 5.10 Å². The maximum absolute atomic E-state index is 12.3. The molecule has 22 heavy (non-hydrogen) atoms. The number of rotatable bonds is 3. The van der Waals surface area contributed by atoms with Crippen LogP contribution in [0.15, 0.2) is 42.7 Å². The molecule has 2 aromatic rings. The van der Waals surface area contributed by atoms with Gasteiger partial charge in [-0.1, -0.05) is 18.2 Å². The summed E-state index contributed by atoms with van der Waals surface area (Å²) in [6, 6.07) is 9.46. The summed E-state index contributed by atoms with van der Waals surface area (Å²) < 4.78 is 24.8. The minimum absolute atomic E-state index is 0.0153. The van der Waals surface area contributed by atoms with Crippen LogP contribution < -0.4 is 5.32 Å². The summed E-state index contributed by atoms with van der Waals surface area (Å²) in [6.45, 7) is 1.76. The van der Waals surface area contributed by atoms with Crippen LogP contribution in [0.4, 0.5) is 0 Å². The zero-order valence-electron chi connectivity index (χ0n) is 12.2. The number of carbonyl (C=O) groups excluding carboxylic acids is 1. The van der Waals surface area contributed by atoms with E-state index in [0.717, 1.165) is 5.69 Å². The highest BCUT2D eigenvalue weighted by atomic mass is 32.2. The molecular formula is C15H17N3O3S. The third kappa shape index (κ3) is 3.04. The second-order valence-corrected chi connectivity index (χ2v) is 8.05. The lowest BCUT2D eigenvalue weighted by atomic mass is 10.0. The second kappa shape index (κ2) is 5.24. The van der Waals surface area contributed by atoms with Crippen molar-refractivity contribution in [1.29, 1.82) is 0 Å². The topological polar surface area (TPSA) is 81.1 Å². The molecule has 116 valence electrons. The molecule has 1 aliphatic heterocycles. The highest BCUT2D eigenvalue weighted by Crippen LogP contribution is 2.23. The molecule has 0 unspecified atom stereocenters. The number of nitrogens with zero attached hydrogens (tertiary/aromatic N) is 2. The molecule has 0 radical (unpaired) electrons. The van der Waals surface area contributed by atoms with Crippen LogP contribution in [0.3, 0.4) is 0 Å². The molecule has 0 saturated carbocycles. The molecule has 1 aromatic carbocycles. The molecule has 1 amide bonds. The molecule has 1 atom stereocenters. The van der Waals surface area contributed by atoms with E-state index >= 15 is 0 Å². The number of carbonyl (C=O) groups is 1. The highest BCUT2D eigenvalue weighted by Gasteiger charge is 2.39. The van der Waals surface area contributed by atoms with Gasteiger partial charge >= 0.3 is 0 Å². The van der Waals surface area contributed by atoms with Crippen LogP contribution in [0, 0.1) is 0 Å². The van der Waals surface area contributed by atoms with Crippen molar-refractivity contribution in [2.24, 2.45) is 0 Å². The Labute approximate surface area is 129 Å². The van der Waals surface area contributed by atoms with Crippen LogP contribution >= 0.6 is 0 Å². The normalized spacial score (nSPS) is 23.3. The number of amides is 1. The first-order chi connectivity index (χ1) is 10.4. The van der Waals surface area contributed by atoms with Crippen LogP contribution in [-0.4, -0.2) is 41.2 Å². The Kier molecular flexibility index (Phi) is 3.52. The lowest BCUT2D eigenvalue weighted by Gasteiger charge is -2.23. The Balaban J connectivity index is 1.75. The van der Waals surface area contributed by atoms with Crippen molar-refractivity contribution in [2.45, 2.75) is 18.9 Å². The third-order valence-corrected chi connectivity index (χ3v) is 5.69. The Morgan fingerprint density at radius 2 is 2.05 bits per heavy atom. The number of sulfone groups is 1. The minimum atomic E-state index is -3.06. The van der Waals surface area contributed by atoms with Crippen LogP contribution in [0.2, 0.25) is 0 Å². The van der Waals surface area contributed by atoms with E-state index in [1.165, 1.54) is 6.20 Å². The first kappa shape index (κ1) is 14.8. The Bertz CT molecular complexity index is 798. The Hall–Kier alpha value is -2.15. The van der Waals surface area contributed by atoms with Gasteiger partial charge in [0, 0.05) is 6.20 Å². The molecule has 0 spiro atoms. The average Bonchev–Trinajstić information content (AvgIpc) is 3.05. The lowest BCUT2D eigenvalue weighted by molar-refractivity contribution is 0.0915.